The van der Waals surface area contributed by atoms with Crippen molar-refractivity contribution in [3.63, 3.8) is 0 Å². The predicted octanol–water partition coefficient (Wildman–Crippen LogP) is 4.12. The molecule has 2 heterocycles. The Morgan fingerprint density at radius 2 is 2.03 bits per heavy atom. The van der Waals surface area contributed by atoms with Crippen LogP contribution in [0.5, 0.6) is 0 Å². The number of carbonyl (C=O) groups is 1. The first kappa shape index (κ1) is 22.7. The van der Waals surface area contributed by atoms with Crippen molar-refractivity contribution in [2.24, 2.45) is 9.50 Å². The number of aliphatic hydroxyl groups is 1. The molecule has 0 radical (unpaired) electrons. The maximum atomic E-state index is 13.3. The number of rotatable bonds is 3. The van der Waals surface area contributed by atoms with Gasteiger partial charge in [-0.25, -0.2) is 19.1 Å². The van der Waals surface area contributed by atoms with Crippen molar-refractivity contribution in [3.05, 3.63) is 39.5 Å². The van der Waals surface area contributed by atoms with Crippen molar-refractivity contribution >= 4 is 33.0 Å². The lowest BCUT2D eigenvalue weighted by molar-refractivity contribution is -0.141. The van der Waals surface area contributed by atoms with Gasteiger partial charge in [0.15, 0.2) is 9.92 Å². The van der Waals surface area contributed by atoms with Crippen LogP contribution in [0.1, 0.15) is 48.3 Å². The van der Waals surface area contributed by atoms with Crippen molar-refractivity contribution in [2.75, 3.05) is 5.32 Å². The van der Waals surface area contributed by atoms with E-state index < -0.39 is 33.4 Å². The molecule has 0 fully saturated rings. The number of anilines is 1. The Morgan fingerprint density at radius 3 is 2.60 bits per heavy atom. The Kier molecular flexibility index (Phi) is 5.73. The fourth-order valence-corrected chi connectivity index (χ4v) is 5.50. The number of hydrogen-bond donors (Lipinski definition) is 3. The van der Waals surface area contributed by atoms with Crippen LogP contribution in [0.15, 0.2) is 20.0 Å². The smallest absolute Gasteiger partial charge is 0.386 e. The Labute approximate surface area is 175 Å². The van der Waals surface area contributed by atoms with E-state index in [0.717, 1.165) is 11.3 Å². The molecule has 0 saturated heterocycles. The van der Waals surface area contributed by atoms with Gasteiger partial charge in [-0.15, -0.1) is 15.7 Å². The number of carbonyl (C=O) groups excluding carboxylic acids is 1. The van der Waals surface area contributed by atoms with Gasteiger partial charge in [0.1, 0.15) is 9.90 Å². The summed E-state index contributed by atoms with van der Waals surface area (Å²) in [6, 6.07) is 0.276. The van der Waals surface area contributed by atoms with E-state index in [9.17, 15) is 27.3 Å². The molecule has 0 aliphatic heterocycles. The summed E-state index contributed by atoms with van der Waals surface area (Å²) in [5.74, 6) is 0. The number of aromatic nitrogens is 1. The third-order valence-electron chi connectivity index (χ3n) is 4.76. The molecule has 2 amide bonds. The van der Waals surface area contributed by atoms with Crippen LogP contribution >= 0.6 is 11.3 Å². The molecule has 0 saturated carbocycles. The summed E-state index contributed by atoms with van der Waals surface area (Å²) < 4.78 is 56.4. The summed E-state index contributed by atoms with van der Waals surface area (Å²) in [5, 5.41) is 19.6. The molecule has 12 heteroatoms. The number of nitrogens with zero attached hydrogens (tertiary/aromatic N) is 2. The SMILES string of the molecule is Cc1c(C(F)(F)F)nc2c(c1NC(=O)N=[S@](N)(=O)c1cc(C(C)(C)O)cs1)CCC2. The number of nitrogens with one attached hydrogen (secondary N) is 1. The largest absolute Gasteiger partial charge is 0.433 e. The van der Waals surface area contributed by atoms with E-state index in [1.54, 1.807) is 5.38 Å². The highest BCUT2D eigenvalue weighted by Gasteiger charge is 2.38. The second kappa shape index (κ2) is 7.59. The third kappa shape index (κ3) is 4.51. The van der Waals surface area contributed by atoms with Gasteiger partial charge in [0.05, 0.1) is 11.3 Å². The molecular weight excluding hydrogens is 441 g/mol. The lowest BCUT2D eigenvalue weighted by Crippen LogP contribution is -2.20. The summed E-state index contributed by atoms with van der Waals surface area (Å²) in [6.07, 6.45) is -3.22. The number of fused-ring (bicyclic) bond motifs is 1. The van der Waals surface area contributed by atoms with E-state index in [1.807, 2.05) is 0 Å². The van der Waals surface area contributed by atoms with Crippen molar-refractivity contribution in [3.8, 4) is 0 Å². The molecular formula is C18H21F3N4O3S2. The van der Waals surface area contributed by atoms with E-state index >= 15 is 0 Å². The van der Waals surface area contributed by atoms with E-state index in [-0.39, 0.29) is 21.2 Å². The monoisotopic (exact) mass is 462 g/mol. The zero-order valence-corrected chi connectivity index (χ0v) is 18.1. The highest BCUT2D eigenvalue weighted by atomic mass is 32.2. The van der Waals surface area contributed by atoms with Crippen molar-refractivity contribution in [1.82, 2.24) is 4.98 Å². The Morgan fingerprint density at radius 1 is 1.37 bits per heavy atom. The molecule has 3 rings (SSSR count). The molecule has 4 N–H and O–H groups in total. The number of aryl methyl sites for hydroxylation is 1. The van der Waals surface area contributed by atoms with E-state index in [0.29, 0.717) is 30.4 Å². The van der Waals surface area contributed by atoms with Crippen LogP contribution in [0.3, 0.4) is 0 Å². The number of urea groups is 1. The van der Waals surface area contributed by atoms with Crippen LogP contribution in [0.4, 0.5) is 23.7 Å². The molecule has 0 aromatic carbocycles. The first-order chi connectivity index (χ1) is 13.7. The lowest BCUT2D eigenvalue weighted by Gasteiger charge is -2.17. The second-order valence-electron chi connectivity index (χ2n) is 7.54. The highest BCUT2D eigenvalue weighted by Crippen LogP contribution is 2.39. The summed E-state index contributed by atoms with van der Waals surface area (Å²) in [6.45, 7) is 4.29. The highest BCUT2D eigenvalue weighted by molar-refractivity contribution is 7.93. The van der Waals surface area contributed by atoms with Gasteiger partial charge in [-0.05, 0) is 62.6 Å². The summed E-state index contributed by atoms with van der Waals surface area (Å²) >= 11 is 0.968. The molecule has 2 aromatic rings. The van der Waals surface area contributed by atoms with Crippen molar-refractivity contribution < 1.29 is 27.3 Å². The number of halogens is 3. The molecule has 2 aromatic heterocycles. The van der Waals surface area contributed by atoms with Gasteiger partial charge in [0, 0.05) is 11.3 Å². The van der Waals surface area contributed by atoms with Gasteiger partial charge < -0.3 is 10.4 Å². The van der Waals surface area contributed by atoms with Gasteiger partial charge in [-0.1, -0.05) is 0 Å². The summed E-state index contributed by atoms with van der Waals surface area (Å²) in [7, 11) is -3.65. The van der Waals surface area contributed by atoms with E-state index in [1.165, 1.54) is 26.8 Å². The standard InChI is InChI=1S/C18H21F3N4O3S2/c1-9-14(11-5-4-6-12(11)23-15(9)18(19,20)21)24-16(26)25-30(22,28)13-7-10(8-29-13)17(2,3)27/h7-8,27H,4-6H2,1-3H3,(H3,22,23,24,25,26,28)/t30-/m0/s1. The zero-order valence-electron chi connectivity index (χ0n) is 16.5. The molecule has 0 unspecified atom stereocenters. The first-order valence-corrected chi connectivity index (χ1v) is 11.4. The molecule has 1 aliphatic carbocycles. The number of hydrogen-bond acceptors (Lipinski definition) is 5. The zero-order chi connectivity index (χ0) is 22.5. The van der Waals surface area contributed by atoms with Gasteiger partial charge in [0.25, 0.3) is 0 Å². The maximum Gasteiger partial charge on any atom is 0.433 e. The average Bonchev–Trinajstić information content (AvgIpc) is 3.24. The lowest BCUT2D eigenvalue weighted by atomic mass is 10.0. The van der Waals surface area contributed by atoms with E-state index in [2.05, 4.69) is 14.7 Å². The molecule has 30 heavy (non-hydrogen) atoms. The molecule has 1 atom stereocenters. The predicted molar refractivity (Wildman–Crippen MR) is 108 cm³/mol. The minimum atomic E-state index is -4.68. The summed E-state index contributed by atoms with van der Waals surface area (Å²) in [4.78, 5) is 16.2. The molecule has 0 bridgehead atoms. The van der Waals surface area contributed by atoms with Crippen LogP contribution in [0.2, 0.25) is 0 Å². The Balaban J connectivity index is 1.97. The van der Waals surface area contributed by atoms with Crippen LogP contribution < -0.4 is 10.5 Å². The van der Waals surface area contributed by atoms with Crippen LogP contribution in [-0.4, -0.2) is 20.3 Å². The Bertz CT molecular complexity index is 1130. The first-order valence-electron chi connectivity index (χ1n) is 8.97. The fraction of sp³-hybridized carbons (Fsp3) is 0.444. The fourth-order valence-electron chi connectivity index (χ4n) is 3.22. The minimum Gasteiger partial charge on any atom is -0.386 e. The van der Waals surface area contributed by atoms with Crippen LogP contribution in [0, 0.1) is 6.92 Å². The maximum absolute atomic E-state index is 13.3. The van der Waals surface area contributed by atoms with Gasteiger partial charge in [0.2, 0.25) is 0 Å². The molecule has 1 aliphatic rings. The number of nitrogens with two attached hydrogens (primary N) is 1. The third-order valence-corrected chi connectivity index (χ3v) is 7.61. The number of pyridine rings is 1. The quantitative estimate of drug-likeness (QED) is 0.636. The molecule has 7 nitrogen and oxygen atoms in total. The minimum absolute atomic E-state index is 0.0165. The van der Waals surface area contributed by atoms with E-state index in [4.69, 9.17) is 5.14 Å². The van der Waals surface area contributed by atoms with Gasteiger partial charge in [-0.2, -0.15) is 13.2 Å². The second-order valence-corrected chi connectivity index (χ2v) is 10.5. The van der Waals surface area contributed by atoms with Gasteiger partial charge in [-0.3, -0.25) is 0 Å². The van der Waals surface area contributed by atoms with Crippen molar-refractivity contribution in [2.45, 2.75) is 56.0 Å². The molecule has 0 spiro atoms. The van der Waals surface area contributed by atoms with Crippen LogP contribution in [-0.2, 0) is 34.5 Å². The summed E-state index contributed by atoms with van der Waals surface area (Å²) in [5.41, 5.74) is -1.26. The topological polar surface area (TPSA) is 118 Å². The Hall–Kier alpha value is -2.02. The van der Waals surface area contributed by atoms with Crippen molar-refractivity contribution in [1.29, 1.82) is 0 Å². The number of alkyl halides is 3. The molecule has 164 valence electrons. The van der Waals surface area contributed by atoms with Crippen LogP contribution in [0.25, 0.3) is 0 Å². The average molecular weight is 463 g/mol. The normalized spacial score (nSPS) is 16.1. The van der Waals surface area contributed by atoms with Gasteiger partial charge >= 0.3 is 12.2 Å². The number of thiophene rings is 1. The number of amides is 2.